The van der Waals surface area contributed by atoms with Gasteiger partial charge in [0.2, 0.25) is 11.9 Å². The summed E-state index contributed by atoms with van der Waals surface area (Å²) in [5, 5.41) is 0. The molecule has 1 aromatic heterocycles. The summed E-state index contributed by atoms with van der Waals surface area (Å²) < 4.78 is 5.07. The van der Waals surface area contributed by atoms with Crippen molar-refractivity contribution in [3.8, 4) is 5.75 Å². The van der Waals surface area contributed by atoms with Gasteiger partial charge in [-0.15, -0.1) is 0 Å². The van der Waals surface area contributed by atoms with Crippen LogP contribution in [0.1, 0.15) is 27.2 Å². The molecule has 0 aliphatic carbocycles. The van der Waals surface area contributed by atoms with Gasteiger partial charge in [-0.25, -0.2) is 9.97 Å². The van der Waals surface area contributed by atoms with Crippen LogP contribution in [0.25, 0.3) is 0 Å². The van der Waals surface area contributed by atoms with E-state index in [1.54, 1.807) is 19.5 Å². The summed E-state index contributed by atoms with van der Waals surface area (Å²) >= 11 is 0. The second-order valence-electron chi connectivity index (χ2n) is 6.31. The zero-order valence-corrected chi connectivity index (χ0v) is 13.3. The number of methoxy groups -OCH3 is 1. The summed E-state index contributed by atoms with van der Waals surface area (Å²) in [7, 11) is 1.60. The molecular formula is C15H24N4O2. The average molecular weight is 292 g/mol. The summed E-state index contributed by atoms with van der Waals surface area (Å²) in [5.74, 6) is 1.55. The lowest BCUT2D eigenvalue weighted by Gasteiger charge is -2.28. The minimum atomic E-state index is -0.328. The Hall–Kier alpha value is -1.85. The Kier molecular flexibility index (Phi) is 4.65. The van der Waals surface area contributed by atoms with Gasteiger partial charge in [0, 0.05) is 31.6 Å². The molecule has 0 radical (unpaired) electrons. The number of ether oxygens (including phenoxy) is 1. The van der Waals surface area contributed by atoms with Crippen LogP contribution < -0.4 is 9.64 Å². The van der Waals surface area contributed by atoms with Gasteiger partial charge >= 0.3 is 0 Å². The number of carbonyl (C=O) groups excluding carboxylic acids is 1. The van der Waals surface area contributed by atoms with Crippen molar-refractivity contribution < 1.29 is 9.53 Å². The molecule has 21 heavy (non-hydrogen) atoms. The number of anilines is 1. The Labute approximate surface area is 126 Å². The smallest absolute Gasteiger partial charge is 0.228 e. The Morgan fingerprint density at radius 1 is 1.14 bits per heavy atom. The fourth-order valence-corrected chi connectivity index (χ4v) is 2.37. The van der Waals surface area contributed by atoms with Crippen molar-refractivity contribution in [3.05, 3.63) is 12.4 Å². The molecule has 0 atom stereocenters. The number of hydrogen-bond donors (Lipinski definition) is 0. The number of nitrogens with zero attached hydrogens (tertiary/aromatic N) is 4. The summed E-state index contributed by atoms with van der Waals surface area (Å²) in [5.41, 5.74) is -0.328. The van der Waals surface area contributed by atoms with E-state index in [9.17, 15) is 4.79 Å². The fraction of sp³-hybridized carbons (Fsp3) is 0.667. The molecule has 1 aliphatic heterocycles. The van der Waals surface area contributed by atoms with E-state index >= 15 is 0 Å². The standard InChI is InChI=1S/C15H24N4O2/c1-15(2,3)13(20)18-6-5-7-19(9-8-18)14-16-10-12(21-4)11-17-14/h10-11H,5-9H2,1-4H3. The molecule has 2 rings (SSSR count). The van der Waals surface area contributed by atoms with Crippen molar-refractivity contribution in [1.82, 2.24) is 14.9 Å². The molecule has 0 bridgehead atoms. The third-order valence-corrected chi connectivity index (χ3v) is 3.56. The largest absolute Gasteiger partial charge is 0.494 e. The van der Waals surface area contributed by atoms with Gasteiger partial charge in [-0.1, -0.05) is 20.8 Å². The van der Waals surface area contributed by atoms with Gasteiger partial charge < -0.3 is 14.5 Å². The first-order valence-corrected chi connectivity index (χ1v) is 7.32. The van der Waals surface area contributed by atoms with E-state index in [0.717, 1.165) is 26.1 Å². The lowest BCUT2D eigenvalue weighted by molar-refractivity contribution is -0.139. The molecule has 6 nitrogen and oxygen atoms in total. The van der Waals surface area contributed by atoms with Crippen LogP contribution in [0, 0.1) is 5.41 Å². The first-order valence-electron chi connectivity index (χ1n) is 7.32. The molecule has 6 heteroatoms. The summed E-state index contributed by atoms with van der Waals surface area (Å²) in [6, 6.07) is 0. The second-order valence-corrected chi connectivity index (χ2v) is 6.31. The van der Waals surface area contributed by atoms with Crippen LogP contribution in [0.4, 0.5) is 5.95 Å². The van der Waals surface area contributed by atoms with E-state index < -0.39 is 0 Å². The maximum atomic E-state index is 12.4. The summed E-state index contributed by atoms with van der Waals surface area (Å²) in [4.78, 5) is 25.1. The first kappa shape index (κ1) is 15.5. The normalized spacial score (nSPS) is 16.6. The molecule has 1 aliphatic rings. The molecule has 0 saturated carbocycles. The van der Waals surface area contributed by atoms with Crippen molar-refractivity contribution in [2.24, 2.45) is 5.41 Å². The number of aromatic nitrogens is 2. The van der Waals surface area contributed by atoms with Crippen molar-refractivity contribution in [2.45, 2.75) is 27.2 Å². The molecule has 116 valence electrons. The zero-order valence-electron chi connectivity index (χ0n) is 13.3. The van der Waals surface area contributed by atoms with E-state index in [4.69, 9.17) is 4.74 Å². The molecule has 1 aromatic rings. The van der Waals surface area contributed by atoms with Crippen LogP contribution in [0.2, 0.25) is 0 Å². The molecule has 0 N–H and O–H groups in total. The molecule has 0 unspecified atom stereocenters. The van der Waals surface area contributed by atoms with Crippen LogP contribution in [0.15, 0.2) is 12.4 Å². The van der Waals surface area contributed by atoms with E-state index in [1.165, 1.54) is 0 Å². The van der Waals surface area contributed by atoms with Crippen LogP contribution in [-0.2, 0) is 4.79 Å². The Balaban J connectivity index is 2.01. The highest BCUT2D eigenvalue weighted by Gasteiger charge is 2.28. The lowest BCUT2D eigenvalue weighted by atomic mass is 9.94. The predicted octanol–water partition coefficient (Wildman–Crippen LogP) is 1.57. The minimum absolute atomic E-state index is 0.208. The van der Waals surface area contributed by atoms with Crippen LogP contribution in [0.5, 0.6) is 5.75 Å². The van der Waals surface area contributed by atoms with E-state index in [0.29, 0.717) is 18.2 Å². The average Bonchev–Trinajstić information content (AvgIpc) is 2.71. The SMILES string of the molecule is COc1cnc(N2CCCN(C(=O)C(C)(C)C)CC2)nc1. The number of amides is 1. The minimum Gasteiger partial charge on any atom is -0.494 e. The Morgan fingerprint density at radius 3 is 2.38 bits per heavy atom. The van der Waals surface area contributed by atoms with Gasteiger partial charge in [0.15, 0.2) is 5.75 Å². The highest BCUT2D eigenvalue weighted by atomic mass is 16.5. The number of carbonyl (C=O) groups is 1. The summed E-state index contributed by atoms with van der Waals surface area (Å²) in [6.07, 6.45) is 4.27. The maximum absolute atomic E-state index is 12.4. The predicted molar refractivity (Wildman–Crippen MR) is 81.4 cm³/mol. The van der Waals surface area contributed by atoms with Crippen LogP contribution in [0.3, 0.4) is 0 Å². The van der Waals surface area contributed by atoms with Crippen molar-refractivity contribution in [2.75, 3.05) is 38.2 Å². The highest BCUT2D eigenvalue weighted by molar-refractivity contribution is 5.81. The molecule has 1 amide bonds. The molecule has 0 aromatic carbocycles. The first-order chi connectivity index (χ1) is 9.91. The van der Waals surface area contributed by atoms with Crippen molar-refractivity contribution >= 4 is 11.9 Å². The van der Waals surface area contributed by atoms with Gasteiger partial charge in [-0.05, 0) is 6.42 Å². The quantitative estimate of drug-likeness (QED) is 0.828. The third kappa shape index (κ3) is 3.83. The third-order valence-electron chi connectivity index (χ3n) is 3.56. The number of hydrogen-bond acceptors (Lipinski definition) is 5. The van der Waals surface area contributed by atoms with E-state index in [-0.39, 0.29) is 11.3 Å². The Morgan fingerprint density at radius 2 is 1.81 bits per heavy atom. The molecule has 1 fully saturated rings. The van der Waals surface area contributed by atoms with Crippen molar-refractivity contribution in [1.29, 1.82) is 0 Å². The zero-order chi connectivity index (χ0) is 15.5. The Bertz CT molecular complexity index is 481. The topological polar surface area (TPSA) is 58.6 Å². The fourth-order valence-electron chi connectivity index (χ4n) is 2.37. The maximum Gasteiger partial charge on any atom is 0.228 e. The number of rotatable bonds is 2. The second kappa shape index (κ2) is 6.28. The van der Waals surface area contributed by atoms with Gasteiger partial charge in [0.05, 0.1) is 19.5 Å². The molecule has 2 heterocycles. The van der Waals surface area contributed by atoms with Gasteiger partial charge in [-0.2, -0.15) is 0 Å². The monoisotopic (exact) mass is 292 g/mol. The molecule has 0 spiro atoms. The summed E-state index contributed by atoms with van der Waals surface area (Å²) in [6.45, 7) is 9.02. The van der Waals surface area contributed by atoms with E-state index in [1.807, 2.05) is 25.7 Å². The van der Waals surface area contributed by atoms with E-state index in [2.05, 4.69) is 14.9 Å². The van der Waals surface area contributed by atoms with Crippen molar-refractivity contribution in [3.63, 3.8) is 0 Å². The highest BCUT2D eigenvalue weighted by Crippen LogP contribution is 2.20. The lowest BCUT2D eigenvalue weighted by Crippen LogP contribution is -2.41. The van der Waals surface area contributed by atoms with Gasteiger partial charge in [-0.3, -0.25) is 4.79 Å². The molecule has 1 saturated heterocycles. The van der Waals surface area contributed by atoms with Gasteiger partial charge in [0.25, 0.3) is 0 Å². The molecular weight excluding hydrogens is 268 g/mol. The van der Waals surface area contributed by atoms with Crippen LogP contribution in [-0.4, -0.2) is 54.1 Å². The van der Waals surface area contributed by atoms with Crippen LogP contribution >= 0.6 is 0 Å². The van der Waals surface area contributed by atoms with Gasteiger partial charge in [0.1, 0.15) is 0 Å².